The number of carbonyl (C=O) groups is 1. The molecule has 0 radical (unpaired) electrons. The fourth-order valence-electron chi connectivity index (χ4n) is 2.25. The number of H-pyrrole nitrogens is 1. The number of carbonyl (C=O) groups excluding carboxylic acids is 1. The van der Waals surface area contributed by atoms with Gasteiger partial charge in [-0.25, -0.2) is 0 Å². The summed E-state index contributed by atoms with van der Waals surface area (Å²) in [4.78, 5) is 29.0. The summed E-state index contributed by atoms with van der Waals surface area (Å²) in [5, 5.41) is 3.26. The number of hydrogen-bond acceptors (Lipinski definition) is 3. The fraction of sp³-hybridized carbons (Fsp3) is 0.538. The minimum absolute atomic E-state index is 0.192. The molecule has 2 N–H and O–H groups in total. The molecule has 1 amide bonds. The summed E-state index contributed by atoms with van der Waals surface area (Å²) < 4.78 is 0. The molecule has 0 spiro atoms. The van der Waals surface area contributed by atoms with E-state index in [1.807, 2.05) is 13.8 Å². The average molecular weight is 249 g/mol. The summed E-state index contributed by atoms with van der Waals surface area (Å²) in [6.45, 7) is 7.92. The molecule has 0 unspecified atom stereocenters. The normalized spacial score (nSPS) is 18.7. The summed E-state index contributed by atoms with van der Waals surface area (Å²) in [5.74, 6) is -0.192. The van der Waals surface area contributed by atoms with Crippen LogP contribution in [0, 0.1) is 6.92 Å². The molecule has 0 bridgehead atoms. The predicted octanol–water partition coefficient (Wildman–Crippen LogP) is 0.507. The molecule has 1 fully saturated rings. The van der Waals surface area contributed by atoms with Gasteiger partial charge in [0.2, 0.25) is 0 Å². The van der Waals surface area contributed by atoms with Crippen molar-refractivity contribution in [3.8, 4) is 0 Å². The highest BCUT2D eigenvalue weighted by atomic mass is 16.2. The Balaban J connectivity index is 2.33. The Morgan fingerprint density at radius 3 is 2.78 bits per heavy atom. The van der Waals surface area contributed by atoms with Crippen molar-refractivity contribution < 1.29 is 4.79 Å². The third kappa shape index (κ3) is 2.31. The Labute approximate surface area is 106 Å². The number of nitrogens with zero attached hydrogens (tertiary/aromatic N) is 1. The van der Waals surface area contributed by atoms with E-state index in [1.165, 1.54) is 12.3 Å². The molecule has 1 saturated heterocycles. The molecule has 5 nitrogen and oxygen atoms in total. The molecule has 0 saturated carbocycles. The van der Waals surface area contributed by atoms with Crippen LogP contribution in [-0.4, -0.2) is 41.0 Å². The molecule has 5 heteroatoms. The number of hydrogen-bond donors (Lipinski definition) is 2. The molecular weight excluding hydrogens is 230 g/mol. The van der Waals surface area contributed by atoms with Crippen LogP contribution < -0.4 is 10.7 Å². The lowest BCUT2D eigenvalue weighted by Crippen LogP contribution is -2.60. The third-order valence-corrected chi connectivity index (χ3v) is 3.33. The summed E-state index contributed by atoms with van der Waals surface area (Å²) in [6.07, 6.45) is 1.51. The molecule has 1 aliphatic rings. The maximum atomic E-state index is 12.4. The lowest BCUT2D eigenvalue weighted by molar-refractivity contribution is 0.0476. The lowest BCUT2D eigenvalue weighted by Gasteiger charge is -2.42. The van der Waals surface area contributed by atoms with E-state index in [9.17, 15) is 9.59 Å². The van der Waals surface area contributed by atoms with Crippen LogP contribution in [0.3, 0.4) is 0 Å². The van der Waals surface area contributed by atoms with Crippen molar-refractivity contribution in [3.05, 3.63) is 33.7 Å². The molecule has 98 valence electrons. The number of pyridine rings is 1. The van der Waals surface area contributed by atoms with Gasteiger partial charge in [-0.15, -0.1) is 0 Å². The summed E-state index contributed by atoms with van der Waals surface area (Å²) in [7, 11) is 0. The molecule has 0 aromatic carbocycles. The number of aromatic nitrogens is 1. The first kappa shape index (κ1) is 12.8. The number of amides is 1. The fourth-order valence-corrected chi connectivity index (χ4v) is 2.25. The molecule has 1 aromatic rings. The Morgan fingerprint density at radius 2 is 2.17 bits per heavy atom. The smallest absolute Gasteiger partial charge is 0.259 e. The highest BCUT2D eigenvalue weighted by Gasteiger charge is 2.34. The van der Waals surface area contributed by atoms with Gasteiger partial charge in [0.1, 0.15) is 5.56 Å². The van der Waals surface area contributed by atoms with Gasteiger partial charge >= 0.3 is 0 Å². The summed E-state index contributed by atoms with van der Waals surface area (Å²) >= 11 is 0. The van der Waals surface area contributed by atoms with Crippen molar-refractivity contribution in [3.63, 3.8) is 0 Å². The van der Waals surface area contributed by atoms with Crippen molar-refractivity contribution in [2.75, 3.05) is 19.6 Å². The first-order chi connectivity index (χ1) is 8.42. The standard InChI is InChI=1S/C13H19N3O2/c1-9-6-11(17)10(7-15-9)12(18)16-5-4-14-8-13(16,2)3/h6-7,14H,4-5,8H2,1-3H3,(H,15,17). The van der Waals surface area contributed by atoms with Crippen LogP contribution in [0.25, 0.3) is 0 Å². The van der Waals surface area contributed by atoms with Crippen molar-refractivity contribution in [1.29, 1.82) is 0 Å². The highest BCUT2D eigenvalue weighted by molar-refractivity contribution is 5.94. The van der Waals surface area contributed by atoms with Gasteiger partial charge in [0, 0.05) is 37.6 Å². The maximum Gasteiger partial charge on any atom is 0.259 e. The summed E-state index contributed by atoms with van der Waals surface area (Å²) in [5.41, 5.74) is 0.490. The van der Waals surface area contributed by atoms with Gasteiger partial charge in [0.15, 0.2) is 5.43 Å². The second kappa shape index (κ2) is 4.57. The zero-order valence-electron chi connectivity index (χ0n) is 11.0. The first-order valence-corrected chi connectivity index (χ1v) is 6.14. The molecule has 0 atom stereocenters. The van der Waals surface area contributed by atoms with Gasteiger partial charge in [-0.1, -0.05) is 0 Å². The molecule has 18 heavy (non-hydrogen) atoms. The van der Waals surface area contributed by atoms with Gasteiger partial charge in [-0.3, -0.25) is 9.59 Å². The maximum absolute atomic E-state index is 12.4. The SMILES string of the molecule is Cc1cc(=O)c(C(=O)N2CCNCC2(C)C)c[nH]1. The number of aromatic amines is 1. The minimum Gasteiger partial charge on any atom is -0.364 e. The molecule has 1 aliphatic heterocycles. The van der Waals surface area contributed by atoms with Gasteiger partial charge in [-0.05, 0) is 20.8 Å². The highest BCUT2D eigenvalue weighted by Crippen LogP contribution is 2.18. The van der Waals surface area contributed by atoms with E-state index in [0.717, 1.165) is 18.8 Å². The molecule has 1 aromatic heterocycles. The van der Waals surface area contributed by atoms with E-state index in [4.69, 9.17) is 0 Å². The molecule has 2 heterocycles. The molecule has 2 rings (SSSR count). The zero-order chi connectivity index (χ0) is 13.3. The number of aryl methyl sites for hydroxylation is 1. The van der Waals surface area contributed by atoms with E-state index in [-0.39, 0.29) is 22.4 Å². The quantitative estimate of drug-likeness (QED) is 0.762. The van der Waals surface area contributed by atoms with Gasteiger partial charge in [0.05, 0.1) is 5.54 Å². The first-order valence-electron chi connectivity index (χ1n) is 6.14. The minimum atomic E-state index is -0.271. The van der Waals surface area contributed by atoms with E-state index in [2.05, 4.69) is 10.3 Å². The average Bonchev–Trinajstić information content (AvgIpc) is 2.27. The second-order valence-electron chi connectivity index (χ2n) is 5.34. The van der Waals surface area contributed by atoms with E-state index in [1.54, 1.807) is 11.8 Å². The second-order valence-corrected chi connectivity index (χ2v) is 5.34. The van der Waals surface area contributed by atoms with Crippen molar-refractivity contribution in [2.45, 2.75) is 26.3 Å². The number of rotatable bonds is 1. The monoisotopic (exact) mass is 249 g/mol. The van der Waals surface area contributed by atoms with Crippen LogP contribution in [0.5, 0.6) is 0 Å². The Bertz CT molecular complexity index is 519. The lowest BCUT2D eigenvalue weighted by atomic mass is 9.99. The van der Waals surface area contributed by atoms with Crippen LogP contribution in [0.15, 0.2) is 17.1 Å². The van der Waals surface area contributed by atoms with E-state index >= 15 is 0 Å². The van der Waals surface area contributed by atoms with Gasteiger partial charge in [0.25, 0.3) is 5.91 Å². The Morgan fingerprint density at radius 1 is 1.44 bits per heavy atom. The van der Waals surface area contributed by atoms with Gasteiger partial charge in [-0.2, -0.15) is 0 Å². The van der Waals surface area contributed by atoms with Crippen molar-refractivity contribution >= 4 is 5.91 Å². The van der Waals surface area contributed by atoms with Crippen LogP contribution in [-0.2, 0) is 0 Å². The zero-order valence-corrected chi connectivity index (χ0v) is 11.0. The van der Waals surface area contributed by atoms with E-state index < -0.39 is 0 Å². The number of nitrogens with one attached hydrogen (secondary N) is 2. The van der Waals surface area contributed by atoms with Crippen molar-refractivity contribution in [1.82, 2.24) is 15.2 Å². The topological polar surface area (TPSA) is 65.2 Å². The van der Waals surface area contributed by atoms with Crippen LogP contribution in [0.2, 0.25) is 0 Å². The predicted molar refractivity (Wildman–Crippen MR) is 69.8 cm³/mol. The third-order valence-electron chi connectivity index (χ3n) is 3.33. The van der Waals surface area contributed by atoms with E-state index in [0.29, 0.717) is 6.54 Å². The van der Waals surface area contributed by atoms with Crippen LogP contribution >= 0.6 is 0 Å². The largest absolute Gasteiger partial charge is 0.364 e. The van der Waals surface area contributed by atoms with Crippen molar-refractivity contribution in [2.24, 2.45) is 0 Å². The number of piperazine rings is 1. The van der Waals surface area contributed by atoms with Crippen LogP contribution in [0.1, 0.15) is 29.9 Å². The molecular formula is C13H19N3O2. The van der Waals surface area contributed by atoms with Gasteiger partial charge < -0.3 is 15.2 Å². The summed E-state index contributed by atoms with van der Waals surface area (Å²) in [6, 6.07) is 1.46. The molecule has 0 aliphatic carbocycles. The van der Waals surface area contributed by atoms with Crippen LogP contribution in [0.4, 0.5) is 0 Å². The Kier molecular flexibility index (Phi) is 3.26. The Hall–Kier alpha value is -1.62.